The van der Waals surface area contributed by atoms with Crippen LogP contribution in [0.15, 0.2) is 12.4 Å². The van der Waals surface area contributed by atoms with Gasteiger partial charge in [0.25, 0.3) is 0 Å². The van der Waals surface area contributed by atoms with E-state index in [4.69, 9.17) is 5.73 Å². The average Bonchev–Trinajstić information content (AvgIpc) is 2.92. The minimum atomic E-state index is -0.643. The number of carbonyl (C=O) groups is 1. The third-order valence-corrected chi connectivity index (χ3v) is 3.15. The van der Waals surface area contributed by atoms with Crippen molar-refractivity contribution in [1.29, 1.82) is 0 Å². The fourth-order valence-electron chi connectivity index (χ4n) is 1.85. The van der Waals surface area contributed by atoms with Crippen molar-refractivity contribution in [2.75, 3.05) is 0 Å². The normalized spacial score (nSPS) is 19.9. The van der Waals surface area contributed by atoms with Crippen LogP contribution in [0, 0.1) is 5.92 Å². The van der Waals surface area contributed by atoms with E-state index in [0.29, 0.717) is 12.3 Å². The Kier molecular flexibility index (Phi) is 2.38. The second kappa shape index (κ2) is 3.45. The van der Waals surface area contributed by atoms with Gasteiger partial charge in [0.15, 0.2) is 5.78 Å². The van der Waals surface area contributed by atoms with E-state index in [1.807, 2.05) is 20.2 Å². The number of nitrogens with two attached hydrogens (primary N) is 1. The lowest BCUT2D eigenvalue weighted by Gasteiger charge is -2.22. The highest BCUT2D eigenvalue weighted by Crippen LogP contribution is 2.38. The summed E-state index contributed by atoms with van der Waals surface area (Å²) < 4.78 is 1.70. The van der Waals surface area contributed by atoms with E-state index >= 15 is 0 Å². The molecule has 0 spiro atoms. The Morgan fingerprint density at radius 1 is 1.73 bits per heavy atom. The predicted octanol–water partition coefficient (Wildman–Crippen LogP) is 0.659. The number of aromatic nitrogens is 2. The summed E-state index contributed by atoms with van der Waals surface area (Å²) >= 11 is 0. The molecule has 82 valence electrons. The number of ketones is 1. The summed E-state index contributed by atoms with van der Waals surface area (Å²) in [5.41, 5.74) is 6.34. The van der Waals surface area contributed by atoms with Gasteiger partial charge in [-0.1, -0.05) is 0 Å². The van der Waals surface area contributed by atoms with Crippen LogP contribution in [-0.4, -0.2) is 21.1 Å². The van der Waals surface area contributed by atoms with Crippen molar-refractivity contribution >= 4 is 5.78 Å². The number of hydrogen-bond donors (Lipinski definition) is 1. The summed E-state index contributed by atoms with van der Waals surface area (Å²) in [6.07, 6.45) is 6.16. The third kappa shape index (κ3) is 2.09. The molecule has 1 saturated carbocycles. The molecule has 2 N–H and O–H groups in total. The fourth-order valence-corrected chi connectivity index (χ4v) is 1.85. The first-order valence-electron chi connectivity index (χ1n) is 5.30. The molecular weight excluding hydrogens is 190 g/mol. The van der Waals surface area contributed by atoms with Crippen LogP contribution < -0.4 is 5.73 Å². The Morgan fingerprint density at radius 2 is 2.40 bits per heavy atom. The van der Waals surface area contributed by atoms with E-state index in [9.17, 15) is 4.79 Å². The summed E-state index contributed by atoms with van der Waals surface area (Å²) in [5.74, 6) is 0.514. The van der Waals surface area contributed by atoms with Crippen molar-refractivity contribution in [2.45, 2.75) is 31.7 Å². The maximum atomic E-state index is 12.0. The maximum Gasteiger partial charge on any atom is 0.157 e. The van der Waals surface area contributed by atoms with E-state index < -0.39 is 5.54 Å². The number of nitrogens with zero attached hydrogens (tertiary/aromatic N) is 2. The Bertz CT molecular complexity index is 377. The molecule has 1 fully saturated rings. The van der Waals surface area contributed by atoms with Crippen molar-refractivity contribution in [3.05, 3.63) is 18.0 Å². The smallest absolute Gasteiger partial charge is 0.157 e. The second-order valence-corrected chi connectivity index (χ2v) is 4.68. The third-order valence-electron chi connectivity index (χ3n) is 3.15. The van der Waals surface area contributed by atoms with Crippen molar-refractivity contribution < 1.29 is 4.79 Å². The average molecular weight is 207 g/mol. The highest BCUT2D eigenvalue weighted by Gasteiger charge is 2.43. The number of aryl methyl sites for hydroxylation is 1. The van der Waals surface area contributed by atoms with Crippen LogP contribution in [-0.2, 0) is 18.3 Å². The number of Topliss-reactive ketones (excluding diaryl/α,β-unsaturated/α-hetero) is 1. The van der Waals surface area contributed by atoms with Gasteiger partial charge in [0, 0.05) is 19.7 Å². The van der Waals surface area contributed by atoms with Gasteiger partial charge in [-0.25, -0.2) is 0 Å². The van der Waals surface area contributed by atoms with Gasteiger partial charge in [-0.3, -0.25) is 9.48 Å². The van der Waals surface area contributed by atoms with Crippen molar-refractivity contribution in [3.8, 4) is 0 Å². The van der Waals surface area contributed by atoms with E-state index in [1.165, 1.54) is 0 Å². The van der Waals surface area contributed by atoms with E-state index in [-0.39, 0.29) is 5.78 Å². The van der Waals surface area contributed by atoms with Crippen molar-refractivity contribution in [1.82, 2.24) is 9.78 Å². The Hall–Kier alpha value is -1.16. The first kappa shape index (κ1) is 10.4. The first-order valence-corrected chi connectivity index (χ1v) is 5.30. The molecule has 1 aliphatic carbocycles. The van der Waals surface area contributed by atoms with Crippen LogP contribution in [0.5, 0.6) is 0 Å². The Labute approximate surface area is 89.5 Å². The summed E-state index contributed by atoms with van der Waals surface area (Å²) in [5, 5.41) is 4.04. The van der Waals surface area contributed by atoms with Gasteiger partial charge >= 0.3 is 0 Å². The number of carbonyl (C=O) groups excluding carboxylic acids is 1. The molecule has 0 amide bonds. The summed E-state index contributed by atoms with van der Waals surface area (Å²) in [6.45, 7) is 1.85. The summed E-state index contributed by atoms with van der Waals surface area (Å²) in [7, 11) is 1.84. The quantitative estimate of drug-likeness (QED) is 0.789. The molecule has 1 aliphatic rings. The summed E-state index contributed by atoms with van der Waals surface area (Å²) in [4.78, 5) is 12.0. The van der Waals surface area contributed by atoms with Gasteiger partial charge in [-0.05, 0) is 31.2 Å². The minimum absolute atomic E-state index is 0.123. The van der Waals surface area contributed by atoms with Gasteiger partial charge in [-0.2, -0.15) is 5.10 Å². The molecule has 4 heteroatoms. The molecule has 15 heavy (non-hydrogen) atoms. The zero-order valence-electron chi connectivity index (χ0n) is 9.23. The maximum absolute atomic E-state index is 12.0. The van der Waals surface area contributed by atoms with E-state index in [1.54, 1.807) is 10.9 Å². The Balaban J connectivity index is 2.03. The SMILES string of the molecule is Cn1cc(CC(=O)C(C)(N)C2CC2)cn1. The molecule has 2 rings (SSSR count). The molecule has 4 nitrogen and oxygen atoms in total. The number of rotatable bonds is 4. The molecule has 1 aromatic rings. The van der Waals surface area contributed by atoms with Crippen molar-refractivity contribution in [3.63, 3.8) is 0 Å². The predicted molar refractivity (Wildman–Crippen MR) is 57.2 cm³/mol. The van der Waals surface area contributed by atoms with Crippen LogP contribution in [0.3, 0.4) is 0 Å². The molecule has 1 aromatic heterocycles. The van der Waals surface area contributed by atoms with E-state index in [2.05, 4.69) is 5.10 Å². The zero-order valence-corrected chi connectivity index (χ0v) is 9.23. The molecule has 0 aromatic carbocycles. The van der Waals surface area contributed by atoms with E-state index in [0.717, 1.165) is 18.4 Å². The fraction of sp³-hybridized carbons (Fsp3) is 0.636. The molecule has 1 heterocycles. The topological polar surface area (TPSA) is 60.9 Å². The molecule has 0 radical (unpaired) electrons. The molecule has 0 aliphatic heterocycles. The molecule has 0 bridgehead atoms. The van der Waals surface area contributed by atoms with Gasteiger partial charge in [-0.15, -0.1) is 0 Å². The standard InChI is InChI=1S/C11H17N3O/c1-11(12,9-3-4-9)10(15)5-8-6-13-14(2)7-8/h6-7,9H,3-5,12H2,1-2H3. The van der Waals surface area contributed by atoms with Gasteiger partial charge < -0.3 is 5.73 Å². The van der Waals surface area contributed by atoms with Crippen molar-refractivity contribution in [2.24, 2.45) is 18.7 Å². The lowest BCUT2D eigenvalue weighted by atomic mass is 9.89. The van der Waals surface area contributed by atoms with Crippen LogP contribution in [0.25, 0.3) is 0 Å². The largest absolute Gasteiger partial charge is 0.319 e. The Morgan fingerprint density at radius 3 is 2.87 bits per heavy atom. The summed E-state index contributed by atoms with van der Waals surface area (Å²) in [6, 6.07) is 0. The molecule has 1 unspecified atom stereocenters. The number of hydrogen-bond acceptors (Lipinski definition) is 3. The second-order valence-electron chi connectivity index (χ2n) is 4.68. The lowest BCUT2D eigenvalue weighted by molar-refractivity contribution is -0.123. The van der Waals surface area contributed by atoms with Gasteiger partial charge in [0.2, 0.25) is 0 Å². The van der Waals surface area contributed by atoms with Crippen LogP contribution in [0.2, 0.25) is 0 Å². The van der Waals surface area contributed by atoms with Gasteiger partial charge in [0.1, 0.15) is 0 Å². The molecule has 0 saturated heterocycles. The minimum Gasteiger partial charge on any atom is -0.319 e. The molecule has 1 atom stereocenters. The first-order chi connectivity index (χ1) is 7.00. The van der Waals surface area contributed by atoms with Crippen LogP contribution >= 0.6 is 0 Å². The zero-order chi connectivity index (χ0) is 11.1. The highest BCUT2D eigenvalue weighted by molar-refractivity contribution is 5.90. The highest BCUT2D eigenvalue weighted by atomic mass is 16.1. The van der Waals surface area contributed by atoms with Crippen LogP contribution in [0.4, 0.5) is 0 Å². The van der Waals surface area contributed by atoms with Gasteiger partial charge in [0.05, 0.1) is 11.7 Å². The molecular formula is C11H17N3O. The van der Waals surface area contributed by atoms with Crippen LogP contribution in [0.1, 0.15) is 25.3 Å². The monoisotopic (exact) mass is 207 g/mol. The lowest BCUT2D eigenvalue weighted by Crippen LogP contribution is -2.47.